The van der Waals surface area contributed by atoms with Gasteiger partial charge in [-0.2, -0.15) is 5.10 Å². The molecule has 0 radical (unpaired) electrons. The fraction of sp³-hybridized carbons (Fsp3) is 0.643. The van der Waals surface area contributed by atoms with Gasteiger partial charge in [-0.15, -0.1) is 0 Å². The lowest BCUT2D eigenvalue weighted by Crippen LogP contribution is -2.35. The van der Waals surface area contributed by atoms with Crippen molar-refractivity contribution in [3.8, 4) is 0 Å². The standard InChI is InChI=1S/C14H20ClN3O4/c1-14(2,3)22-13(20)17-6-5-9(8-17)18-11(12(19)21-4)10(15)7-16-18/h7,9H,5-6,8H2,1-4H3/t9-/m1/s1. The Kier molecular flexibility index (Phi) is 4.65. The average molecular weight is 330 g/mol. The van der Waals surface area contributed by atoms with Gasteiger partial charge in [-0.1, -0.05) is 11.6 Å². The van der Waals surface area contributed by atoms with Crippen molar-refractivity contribution < 1.29 is 19.1 Å². The summed E-state index contributed by atoms with van der Waals surface area (Å²) in [5.74, 6) is -0.543. The van der Waals surface area contributed by atoms with Crippen molar-refractivity contribution in [3.63, 3.8) is 0 Å². The van der Waals surface area contributed by atoms with Crippen molar-refractivity contribution in [2.45, 2.75) is 38.8 Å². The Morgan fingerprint density at radius 2 is 2.09 bits per heavy atom. The van der Waals surface area contributed by atoms with Crippen LogP contribution in [0.4, 0.5) is 4.79 Å². The molecule has 1 amide bonds. The number of esters is 1. The summed E-state index contributed by atoms with van der Waals surface area (Å²) in [6, 6.07) is -0.130. The van der Waals surface area contributed by atoms with Gasteiger partial charge in [-0.05, 0) is 27.2 Å². The Morgan fingerprint density at radius 1 is 1.41 bits per heavy atom. The molecule has 122 valence electrons. The maximum Gasteiger partial charge on any atom is 0.410 e. The second-order valence-electron chi connectivity index (χ2n) is 6.15. The molecule has 2 rings (SSSR count). The first kappa shape index (κ1) is 16.6. The second-order valence-corrected chi connectivity index (χ2v) is 6.55. The van der Waals surface area contributed by atoms with Gasteiger partial charge in [-0.3, -0.25) is 4.68 Å². The summed E-state index contributed by atoms with van der Waals surface area (Å²) in [7, 11) is 1.29. The molecular weight excluding hydrogens is 310 g/mol. The van der Waals surface area contributed by atoms with Gasteiger partial charge in [-0.25, -0.2) is 9.59 Å². The lowest BCUT2D eigenvalue weighted by atomic mass is 10.2. The third-order valence-electron chi connectivity index (χ3n) is 3.29. The minimum atomic E-state index is -0.543. The zero-order valence-corrected chi connectivity index (χ0v) is 13.9. The zero-order chi connectivity index (χ0) is 16.5. The van der Waals surface area contributed by atoms with Crippen molar-refractivity contribution >= 4 is 23.7 Å². The maximum absolute atomic E-state index is 12.1. The molecule has 2 heterocycles. The Labute approximate surface area is 134 Å². The molecule has 0 N–H and O–H groups in total. The Bertz CT molecular complexity index is 579. The molecule has 22 heavy (non-hydrogen) atoms. The van der Waals surface area contributed by atoms with Crippen molar-refractivity contribution in [1.29, 1.82) is 0 Å². The van der Waals surface area contributed by atoms with Crippen LogP contribution in [0.15, 0.2) is 6.20 Å². The lowest BCUT2D eigenvalue weighted by molar-refractivity contribution is 0.0288. The first-order valence-corrected chi connectivity index (χ1v) is 7.40. The van der Waals surface area contributed by atoms with Gasteiger partial charge in [0.2, 0.25) is 0 Å². The summed E-state index contributed by atoms with van der Waals surface area (Å²) in [5.41, 5.74) is -0.332. The van der Waals surface area contributed by atoms with Crippen LogP contribution < -0.4 is 0 Å². The second kappa shape index (κ2) is 6.16. The molecule has 0 saturated carbocycles. The van der Waals surface area contributed by atoms with E-state index in [4.69, 9.17) is 21.1 Å². The minimum absolute atomic E-state index is 0.130. The number of aromatic nitrogens is 2. The average Bonchev–Trinajstić information content (AvgIpc) is 3.02. The quantitative estimate of drug-likeness (QED) is 0.779. The molecule has 1 aromatic heterocycles. The molecule has 0 spiro atoms. The number of amides is 1. The number of rotatable bonds is 2. The van der Waals surface area contributed by atoms with Crippen LogP contribution in [0.1, 0.15) is 43.7 Å². The van der Waals surface area contributed by atoms with E-state index in [0.717, 1.165) is 0 Å². The van der Waals surface area contributed by atoms with Gasteiger partial charge < -0.3 is 14.4 Å². The molecule has 1 fully saturated rings. The summed E-state index contributed by atoms with van der Waals surface area (Å²) in [6.45, 7) is 6.41. The van der Waals surface area contributed by atoms with E-state index in [-0.39, 0.29) is 22.9 Å². The van der Waals surface area contributed by atoms with E-state index < -0.39 is 11.6 Å². The van der Waals surface area contributed by atoms with Gasteiger partial charge in [0, 0.05) is 13.1 Å². The third kappa shape index (κ3) is 3.52. The minimum Gasteiger partial charge on any atom is -0.464 e. The molecule has 1 atom stereocenters. The molecule has 7 nitrogen and oxygen atoms in total. The SMILES string of the molecule is COC(=O)c1c(Cl)cnn1[C@@H]1CCN(C(=O)OC(C)(C)C)C1. The molecule has 1 saturated heterocycles. The van der Waals surface area contributed by atoms with Crippen LogP contribution in [0.2, 0.25) is 5.02 Å². The van der Waals surface area contributed by atoms with Crippen LogP contribution in [-0.2, 0) is 9.47 Å². The van der Waals surface area contributed by atoms with Gasteiger partial charge in [0.05, 0.1) is 24.4 Å². The summed E-state index contributed by atoms with van der Waals surface area (Å²) >= 11 is 5.99. The number of carbonyl (C=O) groups excluding carboxylic acids is 2. The van der Waals surface area contributed by atoms with Gasteiger partial charge in [0.1, 0.15) is 5.60 Å². The van der Waals surface area contributed by atoms with Crippen molar-refractivity contribution in [2.24, 2.45) is 0 Å². The van der Waals surface area contributed by atoms with Crippen LogP contribution >= 0.6 is 11.6 Å². The molecule has 1 aliphatic heterocycles. The summed E-state index contributed by atoms with van der Waals surface area (Å²) < 4.78 is 11.6. The molecule has 0 bridgehead atoms. The number of hydrogen-bond acceptors (Lipinski definition) is 5. The van der Waals surface area contributed by atoms with E-state index in [1.807, 2.05) is 20.8 Å². The van der Waals surface area contributed by atoms with E-state index in [2.05, 4.69) is 5.10 Å². The highest BCUT2D eigenvalue weighted by atomic mass is 35.5. The number of methoxy groups -OCH3 is 1. The first-order chi connectivity index (χ1) is 10.2. The largest absolute Gasteiger partial charge is 0.464 e. The lowest BCUT2D eigenvalue weighted by Gasteiger charge is -2.24. The molecule has 8 heteroatoms. The van der Waals surface area contributed by atoms with Crippen LogP contribution in [-0.4, -0.2) is 52.5 Å². The molecule has 1 aliphatic rings. The number of halogens is 1. The summed E-state index contributed by atoms with van der Waals surface area (Å²) in [4.78, 5) is 25.5. The number of carbonyl (C=O) groups is 2. The zero-order valence-electron chi connectivity index (χ0n) is 13.1. The van der Waals surface area contributed by atoms with E-state index in [1.54, 1.807) is 4.90 Å². The highest BCUT2D eigenvalue weighted by Gasteiger charge is 2.33. The Balaban J connectivity index is 2.11. The molecule has 0 aliphatic carbocycles. The maximum atomic E-state index is 12.1. The fourth-order valence-corrected chi connectivity index (χ4v) is 2.55. The molecule has 0 unspecified atom stereocenters. The smallest absolute Gasteiger partial charge is 0.410 e. The van der Waals surface area contributed by atoms with Gasteiger partial charge >= 0.3 is 12.1 Å². The van der Waals surface area contributed by atoms with Crippen LogP contribution in [0.5, 0.6) is 0 Å². The topological polar surface area (TPSA) is 73.7 Å². The number of nitrogens with zero attached hydrogens (tertiary/aromatic N) is 3. The molecular formula is C14H20ClN3O4. The Hall–Kier alpha value is -1.76. The van der Waals surface area contributed by atoms with E-state index >= 15 is 0 Å². The Morgan fingerprint density at radius 3 is 2.68 bits per heavy atom. The van der Waals surface area contributed by atoms with Crippen LogP contribution in [0, 0.1) is 0 Å². The first-order valence-electron chi connectivity index (χ1n) is 7.02. The van der Waals surface area contributed by atoms with E-state index in [0.29, 0.717) is 19.5 Å². The predicted octanol–water partition coefficient (Wildman–Crippen LogP) is 2.51. The fourth-order valence-electron chi connectivity index (χ4n) is 2.34. The highest BCUT2D eigenvalue weighted by molar-refractivity contribution is 6.33. The van der Waals surface area contributed by atoms with Crippen LogP contribution in [0.25, 0.3) is 0 Å². The monoisotopic (exact) mass is 329 g/mol. The molecule has 1 aromatic rings. The predicted molar refractivity (Wildman–Crippen MR) is 80.0 cm³/mol. The van der Waals surface area contributed by atoms with E-state index in [1.165, 1.54) is 18.0 Å². The van der Waals surface area contributed by atoms with E-state index in [9.17, 15) is 9.59 Å². The van der Waals surface area contributed by atoms with Gasteiger partial charge in [0.25, 0.3) is 0 Å². The van der Waals surface area contributed by atoms with Gasteiger partial charge in [0.15, 0.2) is 5.69 Å². The number of likely N-dealkylation sites (tertiary alicyclic amines) is 1. The number of ether oxygens (including phenoxy) is 2. The van der Waals surface area contributed by atoms with Crippen molar-refractivity contribution in [1.82, 2.24) is 14.7 Å². The summed E-state index contributed by atoms with van der Waals surface area (Å²) in [5, 5.41) is 4.38. The normalized spacial score (nSPS) is 18.4. The van der Waals surface area contributed by atoms with Crippen LogP contribution in [0.3, 0.4) is 0 Å². The van der Waals surface area contributed by atoms with Crippen molar-refractivity contribution in [3.05, 3.63) is 16.9 Å². The highest BCUT2D eigenvalue weighted by Crippen LogP contribution is 2.27. The molecule has 0 aromatic carbocycles. The van der Waals surface area contributed by atoms with Crippen molar-refractivity contribution in [2.75, 3.05) is 20.2 Å². The number of hydrogen-bond donors (Lipinski definition) is 0. The summed E-state index contributed by atoms with van der Waals surface area (Å²) in [6.07, 6.45) is 1.71. The third-order valence-corrected chi connectivity index (χ3v) is 3.57.